The summed E-state index contributed by atoms with van der Waals surface area (Å²) < 4.78 is 18.0. The zero-order chi connectivity index (χ0) is 22.2. The third-order valence-corrected chi connectivity index (χ3v) is 4.48. The zero-order valence-electron chi connectivity index (χ0n) is 18.3. The van der Waals surface area contributed by atoms with E-state index in [1.54, 1.807) is 11.8 Å². The van der Waals surface area contributed by atoms with Gasteiger partial charge in [-0.05, 0) is 43.3 Å². The standard InChI is InChI=1S/C23H28N4O4/c1-5-30-13-14-31-23-25-21(17-7-6-8-20(15-17)29-4)27(26-23)19-11-9-18(10-12-19)24-22(28)16(2)3/h6-12,15-16H,5,13-14H2,1-4H3,(H,24,28). The number of rotatable bonds is 10. The largest absolute Gasteiger partial charge is 0.497 e. The summed E-state index contributed by atoms with van der Waals surface area (Å²) in [4.78, 5) is 16.5. The van der Waals surface area contributed by atoms with Gasteiger partial charge in [0.05, 0.1) is 19.4 Å². The molecule has 2 aromatic carbocycles. The summed E-state index contributed by atoms with van der Waals surface area (Å²) in [6.07, 6.45) is 0. The SMILES string of the molecule is CCOCCOc1nc(-c2cccc(OC)c2)n(-c2ccc(NC(=O)C(C)C)cc2)n1. The van der Waals surface area contributed by atoms with Crippen molar-refractivity contribution in [2.24, 2.45) is 5.92 Å². The van der Waals surface area contributed by atoms with Crippen molar-refractivity contribution in [3.63, 3.8) is 0 Å². The van der Waals surface area contributed by atoms with Crippen LogP contribution in [0, 0.1) is 5.92 Å². The second-order valence-corrected chi connectivity index (χ2v) is 7.10. The predicted molar refractivity (Wildman–Crippen MR) is 119 cm³/mol. The van der Waals surface area contributed by atoms with E-state index in [2.05, 4.69) is 15.4 Å². The van der Waals surface area contributed by atoms with Crippen molar-refractivity contribution >= 4 is 11.6 Å². The van der Waals surface area contributed by atoms with Crippen LogP contribution in [0.1, 0.15) is 20.8 Å². The molecule has 164 valence electrons. The van der Waals surface area contributed by atoms with Gasteiger partial charge in [0.15, 0.2) is 5.82 Å². The summed E-state index contributed by atoms with van der Waals surface area (Å²) in [7, 11) is 1.62. The molecule has 0 saturated carbocycles. The number of ether oxygens (including phenoxy) is 3. The van der Waals surface area contributed by atoms with Gasteiger partial charge in [-0.15, -0.1) is 5.10 Å². The molecule has 8 nitrogen and oxygen atoms in total. The third-order valence-electron chi connectivity index (χ3n) is 4.48. The Kier molecular flexibility index (Phi) is 7.61. The van der Waals surface area contributed by atoms with Crippen LogP contribution >= 0.6 is 0 Å². The molecule has 1 amide bonds. The monoisotopic (exact) mass is 424 g/mol. The van der Waals surface area contributed by atoms with E-state index < -0.39 is 0 Å². The number of nitrogens with zero attached hydrogens (tertiary/aromatic N) is 3. The summed E-state index contributed by atoms with van der Waals surface area (Å²) >= 11 is 0. The molecular formula is C23H28N4O4. The van der Waals surface area contributed by atoms with Crippen molar-refractivity contribution < 1.29 is 19.0 Å². The molecule has 0 fully saturated rings. The van der Waals surface area contributed by atoms with Crippen LogP contribution in [0.3, 0.4) is 0 Å². The Hall–Kier alpha value is -3.39. The summed E-state index contributed by atoms with van der Waals surface area (Å²) in [5, 5.41) is 7.42. The molecule has 0 aliphatic rings. The summed E-state index contributed by atoms with van der Waals surface area (Å²) in [6.45, 7) is 7.08. The third kappa shape index (κ3) is 5.82. The van der Waals surface area contributed by atoms with E-state index in [9.17, 15) is 4.79 Å². The van der Waals surface area contributed by atoms with E-state index in [0.717, 1.165) is 22.7 Å². The maximum atomic E-state index is 11.9. The second-order valence-electron chi connectivity index (χ2n) is 7.10. The number of hydrogen-bond acceptors (Lipinski definition) is 6. The van der Waals surface area contributed by atoms with Crippen molar-refractivity contribution in [2.45, 2.75) is 20.8 Å². The number of methoxy groups -OCH3 is 1. The minimum absolute atomic E-state index is 0.0319. The minimum Gasteiger partial charge on any atom is -0.497 e. The average molecular weight is 425 g/mol. The molecule has 31 heavy (non-hydrogen) atoms. The smallest absolute Gasteiger partial charge is 0.336 e. The highest BCUT2D eigenvalue weighted by molar-refractivity contribution is 5.92. The van der Waals surface area contributed by atoms with Gasteiger partial charge in [0, 0.05) is 23.8 Å². The van der Waals surface area contributed by atoms with Gasteiger partial charge in [0.2, 0.25) is 5.91 Å². The van der Waals surface area contributed by atoms with Crippen LogP contribution in [0.4, 0.5) is 5.69 Å². The van der Waals surface area contributed by atoms with Gasteiger partial charge in [0.25, 0.3) is 0 Å². The summed E-state index contributed by atoms with van der Waals surface area (Å²) in [5.74, 6) is 1.21. The predicted octanol–water partition coefficient (Wildman–Crippen LogP) is 3.95. The van der Waals surface area contributed by atoms with Crippen molar-refractivity contribution in [1.29, 1.82) is 0 Å². The number of hydrogen-bond donors (Lipinski definition) is 1. The topological polar surface area (TPSA) is 87.5 Å². The minimum atomic E-state index is -0.0916. The van der Waals surface area contributed by atoms with Crippen LogP contribution < -0.4 is 14.8 Å². The Bertz CT molecular complexity index is 999. The normalized spacial score (nSPS) is 10.9. The first kappa shape index (κ1) is 22.3. The molecular weight excluding hydrogens is 396 g/mol. The van der Waals surface area contributed by atoms with E-state index in [1.807, 2.05) is 69.3 Å². The highest BCUT2D eigenvalue weighted by atomic mass is 16.5. The van der Waals surface area contributed by atoms with E-state index in [-0.39, 0.29) is 17.8 Å². The van der Waals surface area contributed by atoms with Gasteiger partial charge < -0.3 is 19.5 Å². The maximum Gasteiger partial charge on any atom is 0.336 e. The van der Waals surface area contributed by atoms with Crippen molar-refractivity contribution in [1.82, 2.24) is 14.8 Å². The van der Waals surface area contributed by atoms with Gasteiger partial charge in [-0.2, -0.15) is 4.98 Å². The molecule has 0 saturated heterocycles. The maximum absolute atomic E-state index is 11.9. The Morgan fingerprint density at radius 1 is 1.13 bits per heavy atom. The number of benzene rings is 2. The van der Waals surface area contributed by atoms with Crippen LogP contribution in [0.2, 0.25) is 0 Å². The number of amides is 1. The van der Waals surface area contributed by atoms with Crippen LogP contribution in [0.25, 0.3) is 17.1 Å². The Balaban J connectivity index is 1.91. The van der Waals surface area contributed by atoms with Crippen LogP contribution in [-0.4, -0.2) is 47.6 Å². The number of aromatic nitrogens is 3. The van der Waals surface area contributed by atoms with Gasteiger partial charge in [-0.25, -0.2) is 4.68 Å². The number of nitrogens with one attached hydrogen (secondary N) is 1. The highest BCUT2D eigenvalue weighted by Gasteiger charge is 2.16. The molecule has 0 unspecified atom stereocenters. The first-order chi connectivity index (χ1) is 15.0. The van der Waals surface area contributed by atoms with Gasteiger partial charge in [0.1, 0.15) is 12.4 Å². The number of carbonyl (C=O) groups is 1. The fourth-order valence-electron chi connectivity index (χ4n) is 2.79. The van der Waals surface area contributed by atoms with Crippen LogP contribution in [0.5, 0.6) is 11.8 Å². The molecule has 0 spiro atoms. The van der Waals surface area contributed by atoms with E-state index in [4.69, 9.17) is 14.2 Å². The Morgan fingerprint density at radius 2 is 1.90 bits per heavy atom. The van der Waals surface area contributed by atoms with Crippen molar-refractivity contribution in [3.8, 4) is 28.8 Å². The molecule has 0 bridgehead atoms. The summed E-state index contributed by atoms with van der Waals surface area (Å²) in [5.41, 5.74) is 2.34. The van der Waals surface area contributed by atoms with E-state index >= 15 is 0 Å². The number of carbonyl (C=O) groups excluding carboxylic acids is 1. The lowest BCUT2D eigenvalue weighted by Crippen LogP contribution is -2.17. The lowest BCUT2D eigenvalue weighted by molar-refractivity contribution is -0.118. The second kappa shape index (κ2) is 10.6. The first-order valence-electron chi connectivity index (χ1n) is 10.2. The zero-order valence-corrected chi connectivity index (χ0v) is 18.3. The molecule has 0 atom stereocenters. The molecule has 3 aromatic rings. The molecule has 3 rings (SSSR count). The van der Waals surface area contributed by atoms with Gasteiger partial charge in [-0.3, -0.25) is 4.79 Å². The average Bonchev–Trinajstić information content (AvgIpc) is 3.21. The van der Waals surface area contributed by atoms with Crippen LogP contribution in [-0.2, 0) is 9.53 Å². The Labute approximate surface area is 182 Å². The highest BCUT2D eigenvalue weighted by Crippen LogP contribution is 2.27. The van der Waals surface area contributed by atoms with Crippen molar-refractivity contribution in [2.75, 3.05) is 32.2 Å². The van der Waals surface area contributed by atoms with Crippen LogP contribution in [0.15, 0.2) is 48.5 Å². The fourth-order valence-corrected chi connectivity index (χ4v) is 2.79. The molecule has 1 heterocycles. The molecule has 1 aromatic heterocycles. The quantitative estimate of drug-likeness (QED) is 0.496. The Morgan fingerprint density at radius 3 is 2.58 bits per heavy atom. The molecule has 0 radical (unpaired) electrons. The van der Waals surface area contributed by atoms with E-state index in [1.165, 1.54) is 0 Å². The first-order valence-corrected chi connectivity index (χ1v) is 10.2. The molecule has 8 heteroatoms. The van der Waals surface area contributed by atoms with Crippen molar-refractivity contribution in [3.05, 3.63) is 48.5 Å². The molecule has 0 aliphatic carbocycles. The summed E-state index contributed by atoms with van der Waals surface area (Å²) in [6, 6.07) is 15.3. The lowest BCUT2D eigenvalue weighted by Gasteiger charge is -2.10. The lowest BCUT2D eigenvalue weighted by atomic mass is 10.2. The van der Waals surface area contributed by atoms with Gasteiger partial charge in [-0.1, -0.05) is 26.0 Å². The van der Waals surface area contributed by atoms with Gasteiger partial charge >= 0.3 is 6.01 Å². The fraction of sp³-hybridized carbons (Fsp3) is 0.348. The molecule has 1 N–H and O–H groups in total. The number of anilines is 1. The van der Waals surface area contributed by atoms with E-state index in [0.29, 0.717) is 25.6 Å². The molecule has 0 aliphatic heterocycles.